The molecule has 2 heterocycles. The molecule has 322 valence electrons. The van der Waals surface area contributed by atoms with Crippen LogP contribution in [-0.2, 0) is 45.1 Å². The van der Waals surface area contributed by atoms with E-state index in [2.05, 4.69) is 29.3 Å². The number of hydrogen-bond acceptors (Lipinski definition) is 7. The Kier molecular flexibility index (Phi) is 13.4. The summed E-state index contributed by atoms with van der Waals surface area (Å²) in [5.74, 6) is 0.154. The van der Waals surface area contributed by atoms with Gasteiger partial charge >= 0.3 is 5.97 Å². The maximum Gasteiger partial charge on any atom is 0.328 e. The first kappa shape index (κ1) is 43.8. The van der Waals surface area contributed by atoms with E-state index in [0.29, 0.717) is 57.4 Å². The summed E-state index contributed by atoms with van der Waals surface area (Å²) in [5, 5.41) is 4.68. The highest BCUT2D eigenvalue weighted by atomic mass is 35.5. The molecule has 8 rings (SSSR count). The zero-order valence-electron chi connectivity index (χ0n) is 35.0. The largest absolute Gasteiger partial charge is 0.489 e. The molecular weight excluding hydrogens is 857 g/mol. The minimum Gasteiger partial charge on any atom is -0.489 e. The summed E-state index contributed by atoms with van der Waals surface area (Å²) in [4.78, 5) is 45.7. The van der Waals surface area contributed by atoms with Crippen LogP contribution in [-0.4, -0.2) is 48.9 Å². The molecule has 0 aromatic heterocycles. The molecule has 6 aromatic carbocycles. The van der Waals surface area contributed by atoms with Crippen LogP contribution in [0.3, 0.4) is 0 Å². The fourth-order valence-electron chi connectivity index (χ4n) is 8.42. The van der Waals surface area contributed by atoms with E-state index in [9.17, 15) is 14.4 Å². The highest BCUT2D eigenvalue weighted by molar-refractivity contribution is 6.42. The number of esters is 1. The summed E-state index contributed by atoms with van der Waals surface area (Å²) in [6.45, 7) is 2.84. The van der Waals surface area contributed by atoms with E-state index >= 15 is 0 Å². The van der Waals surface area contributed by atoms with Crippen LogP contribution in [0.5, 0.6) is 11.5 Å². The number of benzene rings is 6. The average Bonchev–Trinajstić information content (AvgIpc) is 3.30. The highest BCUT2D eigenvalue weighted by Gasteiger charge is 2.40. The molecule has 9 nitrogen and oxygen atoms in total. The smallest absolute Gasteiger partial charge is 0.328 e. The first-order valence-corrected chi connectivity index (χ1v) is 21.9. The average molecular weight is 903 g/mol. The summed E-state index contributed by atoms with van der Waals surface area (Å²) in [7, 11) is 3.07. The van der Waals surface area contributed by atoms with Crippen molar-refractivity contribution in [2.24, 2.45) is 0 Å². The molecule has 0 unspecified atom stereocenters. The van der Waals surface area contributed by atoms with E-state index in [1.807, 2.05) is 109 Å². The van der Waals surface area contributed by atoms with Crippen molar-refractivity contribution in [2.45, 2.75) is 63.6 Å². The molecule has 4 atom stereocenters. The van der Waals surface area contributed by atoms with Crippen LogP contribution in [0.4, 0.5) is 5.69 Å². The Hall–Kier alpha value is -5.84. The molecule has 2 aliphatic rings. The highest BCUT2D eigenvalue weighted by Crippen LogP contribution is 2.43. The van der Waals surface area contributed by atoms with E-state index < -0.39 is 24.2 Å². The van der Waals surface area contributed by atoms with Gasteiger partial charge in [-0.25, -0.2) is 4.79 Å². The second kappa shape index (κ2) is 19.3. The van der Waals surface area contributed by atoms with Crippen molar-refractivity contribution in [3.8, 4) is 22.6 Å². The molecule has 2 amide bonds. The summed E-state index contributed by atoms with van der Waals surface area (Å²) < 4.78 is 17.7. The molecule has 0 saturated carbocycles. The fraction of sp³-hybridized carbons (Fsp3) is 0.235. The Morgan fingerprint density at radius 1 is 0.810 bits per heavy atom. The van der Waals surface area contributed by atoms with Gasteiger partial charge in [0.05, 0.1) is 28.9 Å². The van der Waals surface area contributed by atoms with Gasteiger partial charge in [0, 0.05) is 36.6 Å². The number of fused-ring (bicyclic) bond motifs is 2. The van der Waals surface area contributed by atoms with E-state index in [0.717, 1.165) is 45.4 Å². The lowest BCUT2D eigenvalue weighted by molar-refractivity contribution is -0.146. The molecule has 63 heavy (non-hydrogen) atoms. The van der Waals surface area contributed by atoms with Gasteiger partial charge < -0.3 is 24.4 Å². The van der Waals surface area contributed by atoms with Crippen molar-refractivity contribution < 1.29 is 28.6 Å². The van der Waals surface area contributed by atoms with Gasteiger partial charge in [0.2, 0.25) is 12.0 Å². The van der Waals surface area contributed by atoms with Gasteiger partial charge in [0.25, 0.3) is 5.91 Å². The monoisotopic (exact) mass is 901 g/mol. The quantitative estimate of drug-likeness (QED) is 0.115. The van der Waals surface area contributed by atoms with Gasteiger partial charge in [0.15, 0.2) is 0 Å². The van der Waals surface area contributed by atoms with Crippen LogP contribution < -0.4 is 19.7 Å². The third kappa shape index (κ3) is 9.72. The van der Waals surface area contributed by atoms with Gasteiger partial charge in [-0.05, 0) is 100 Å². The standard InChI is InChI=1S/C51H46Cl3N3O6/c1-4-44(35-8-6-5-7-9-35)57-29-38-28-47-45(56(2)50(59)48(63-47)36-17-21-40(22-18-36)62-30-32-12-23-41(53)42(54)24-32)26-37(38)27-46(57)49(58)55-43(51(60)61-3)25-31-10-13-33(14-11-31)34-15-19-39(52)20-16-34/h5-24,26,28,43-44,46,48H,4,25,27,29-30H2,1-3H3,(H,55,58)/t43-,44-,46-,48-/m0/s1. The molecule has 0 spiro atoms. The number of rotatable bonds is 13. The molecule has 0 fully saturated rings. The van der Waals surface area contributed by atoms with Gasteiger partial charge in [-0.2, -0.15) is 0 Å². The Balaban J connectivity index is 1.03. The van der Waals surface area contributed by atoms with Crippen molar-refractivity contribution in [2.75, 3.05) is 19.1 Å². The molecule has 6 aromatic rings. The summed E-state index contributed by atoms with van der Waals surface area (Å²) in [6, 6.07) is 40.5. The van der Waals surface area contributed by atoms with Crippen LogP contribution in [0.15, 0.2) is 133 Å². The Labute approximate surface area is 382 Å². The molecule has 0 radical (unpaired) electrons. The number of nitrogens with one attached hydrogen (secondary N) is 1. The molecule has 2 aliphatic heterocycles. The van der Waals surface area contributed by atoms with Crippen LogP contribution in [0.1, 0.15) is 58.9 Å². The molecule has 12 heteroatoms. The molecule has 0 bridgehead atoms. The van der Waals surface area contributed by atoms with Gasteiger partial charge in [0.1, 0.15) is 24.1 Å². The van der Waals surface area contributed by atoms with E-state index in [-0.39, 0.29) is 24.3 Å². The number of carbonyl (C=O) groups is 3. The minimum absolute atomic E-state index is 0.113. The predicted octanol–water partition coefficient (Wildman–Crippen LogP) is 10.8. The second-order valence-electron chi connectivity index (χ2n) is 15.8. The van der Waals surface area contributed by atoms with Crippen molar-refractivity contribution in [3.63, 3.8) is 0 Å². The molecular formula is C51H46Cl3N3O6. The first-order chi connectivity index (χ1) is 30.5. The van der Waals surface area contributed by atoms with Crippen molar-refractivity contribution >= 4 is 58.3 Å². The van der Waals surface area contributed by atoms with E-state index in [4.69, 9.17) is 49.0 Å². The number of anilines is 1. The lowest BCUT2D eigenvalue weighted by Crippen LogP contribution is -2.55. The Morgan fingerprint density at radius 3 is 2.16 bits per heavy atom. The number of ether oxygens (including phenoxy) is 3. The topological polar surface area (TPSA) is 97.4 Å². The van der Waals surface area contributed by atoms with Crippen LogP contribution in [0, 0.1) is 0 Å². The Morgan fingerprint density at radius 2 is 1.49 bits per heavy atom. The van der Waals surface area contributed by atoms with E-state index in [1.165, 1.54) is 7.11 Å². The first-order valence-electron chi connectivity index (χ1n) is 20.8. The van der Waals surface area contributed by atoms with Crippen LogP contribution in [0.25, 0.3) is 11.1 Å². The molecule has 0 aliphatic carbocycles. The maximum absolute atomic E-state index is 14.6. The maximum atomic E-state index is 14.6. The van der Waals surface area contributed by atoms with E-state index in [1.54, 1.807) is 24.1 Å². The number of hydrogen-bond donors (Lipinski definition) is 1. The number of nitrogens with zero attached hydrogens (tertiary/aromatic N) is 2. The summed E-state index contributed by atoms with van der Waals surface area (Å²) >= 11 is 18.3. The van der Waals surface area contributed by atoms with Crippen LogP contribution >= 0.6 is 34.8 Å². The van der Waals surface area contributed by atoms with Crippen molar-refractivity contribution in [1.82, 2.24) is 10.2 Å². The van der Waals surface area contributed by atoms with Gasteiger partial charge in [-0.15, -0.1) is 0 Å². The number of halogens is 3. The lowest BCUT2D eigenvalue weighted by Gasteiger charge is -2.42. The summed E-state index contributed by atoms with van der Waals surface area (Å²) in [5.41, 5.74) is 8.06. The van der Waals surface area contributed by atoms with Crippen molar-refractivity contribution in [1.29, 1.82) is 0 Å². The predicted molar refractivity (Wildman–Crippen MR) is 248 cm³/mol. The minimum atomic E-state index is -0.926. The van der Waals surface area contributed by atoms with Gasteiger partial charge in [-0.3, -0.25) is 14.5 Å². The fourth-order valence-corrected chi connectivity index (χ4v) is 8.87. The molecule has 1 N–H and O–H groups in total. The zero-order valence-corrected chi connectivity index (χ0v) is 37.3. The molecule has 0 saturated heterocycles. The number of carbonyl (C=O) groups excluding carboxylic acids is 3. The number of amides is 2. The third-order valence-corrected chi connectivity index (χ3v) is 12.8. The van der Waals surface area contributed by atoms with Crippen molar-refractivity contribution in [3.05, 3.63) is 182 Å². The number of methoxy groups -OCH3 is 1. The van der Waals surface area contributed by atoms with Gasteiger partial charge in [-0.1, -0.05) is 127 Å². The summed E-state index contributed by atoms with van der Waals surface area (Å²) in [6.07, 6.45) is 0.444. The second-order valence-corrected chi connectivity index (χ2v) is 17.1. The Bertz CT molecular complexity index is 2610. The lowest BCUT2D eigenvalue weighted by atomic mass is 9.88. The third-order valence-electron chi connectivity index (χ3n) is 11.8. The van der Waals surface area contributed by atoms with Crippen LogP contribution in [0.2, 0.25) is 15.1 Å². The number of likely N-dealkylation sites (N-methyl/N-ethyl adjacent to an activating group) is 1. The zero-order chi connectivity index (χ0) is 44.2. The SMILES string of the molecule is CC[C@@H](c1ccccc1)N1Cc2cc3c(cc2C[C@H]1C(=O)N[C@@H](Cc1ccc(-c2ccc(Cl)cc2)cc1)C(=O)OC)N(C)C(=O)[C@H](c1ccc(OCc2ccc(Cl)c(Cl)c2)cc1)O3. The normalized spacial score (nSPS) is 16.9.